The van der Waals surface area contributed by atoms with Gasteiger partial charge in [-0.05, 0) is 85.4 Å². The third-order valence-electron chi connectivity index (χ3n) is 5.81. The van der Waals surface area contributed by atoms with Gasteiger partial charge < -0.3 is 19.5 Å². The van der Waals surface area contributed by atoms with Crippen LogP contribution in [-0.2, 0) is 6.54 Å². The molecule has 1 aliphatic heterocycles. The Hall–Kier alpha value is -3.71. The summed E-state index contributed by atoms with van der Waals surface area (Å²) >= 11 is 5.82. The maximum absolute atomic E-state index is 5.82. The molecule has 0 bridgehead atoms. The second-order valence-corrected chi connectivity index (χ2v) is 8.23. The molecular formula is C26H25N5OS. The molecule has 0 aliphatic carbocycles. The molecule has 1 fully saturated rings. The second-order valence-electron chi connectivity index (χ2n) is 7.84. The predicted octanol–water partition coefficient (Wildman–Crippen LogP) is 4.84. The van der Waals surface area contributed by atoms with Gasteiger partial charge in [0.15, 0.2) is 5.11 Å². The van der Waals surface area contributed by atoms with Crippen LogP contribution in [0.25, 0.3) is 5.69 Å². The Balaban J connectivity index is 1.56. The van der Waals surface area contributed by atoms with Crippen LogP contribution in [0, 0.1) is 0 Å². The zero-order chi connectivity index (χ0) is 22.6. The van der Waals surface area contributed by atoms with Crippen LogP contribution in [-0.4, -0.2) is 31.2 Å². The van der Waals surface area contributed by atoms with E-state index in [9.17, 15) is 0 Å². The van der Waals surface area contributed by atoms with E-state index in [2.05, 4.69) is 55.2 Å². The Labute approximate surface area is 198 Å². The van der Waals surface area contributed by atoms with Gasteiger partial charge in [0.1, 0.15) is 5.75 Å². The second kappa shape index (κ2) is 9.42. The maximum atomic E-state index is 5.82. The monoisotopic (exact) mass is 455 g/mol. The van der Waals surface area contributed by atoms with Gasteiger partial charge >= 0.3 is 0 Å². The Kier molecular flexibility index (Phi) is 6.04. The van der Waals surface area contributed by atoms with E-state index < -0.39 is 0 Å². The minimum Gasteiger partial charge on any atom is -0.494 e. The molecule has 0 unspecified atom stereocenters. The molecule has 0 amide bonds. The van der Waals surface area contributed by atoms with Crippen molar-refractivity contribution in [3.63, 3.8) is 0 Å². The van der Waals surface area contributed by atoms with Crippen LogP contribution < -0.4 is 10.1 Å². The van der Waals surface area contributed by atoms with Crippen LogP contribution in [0.4, 0.5) is 0 Å². The van der Waals surface area contributed by atoms with Gasteiger partial charge in [0.2, 0.25) is 0 Å². The summed E-state index contributed by atoms with van der Waals surface area (Å²) in [5, 5.41) is 4.24. The van der Waals surface area contributed by atoms with Gasteiger partial charge in [-0.15, -0.1) is 0 Å². The van der Waals surface area contributed by atoms with Gasteiger partial charge in [-0.1, -0.05) is 6.07 Å². The molecule has 4 heterocycles. The standard InChI is InChI=1S/C26H25N5OS/c1-2-32-21-10-8-20(9-11-21)30-17-5-7-23(30)25-24(22-6-3-4-14-28-22)29-26(33)31(25)18-19-12-15-27-16-13-19/h3-17,24-25H,2,18H2,1H3,(H,29,33)/t24-,25+/m0/s1. The lowest BCUT2D eigenvalue weighted by atomic mass is 10.0. The molecule has 0 saturated carbocycles. The lowest BCUT2D eigenvalue weighted by Crippen LogP contribution is -2.30. The highest BCUT2D eigenvalue weighted by atomic mass is 32.1. The number of pyridine rings is 2. The summed E-state index contributed by atoms with van der Waals surface area (Å²) in [6.45, 7) is 3.31. The lowest BCUT2D eigenvalue weighted by Gasteiger charge is -2.29. The summed E-state index contributed by atoms with van der Waals surface area (Å²) in [5.74, 6) is 0.865. The number of nitrogens with one attached hydrogen (secondary N) is 1. The molecular weight excluding hydrogens is 430 g/mol. The van der Waals surface area contributed by atoms with Crippen molar-refractivity contribution in [2.45, 2.75) is 25.6 Å². The first-order valence-electron chi connectivity index (χ1n) is 11.0. The molecule has 1 N–H and O–H groups in total. The molecule has 4 aromatic rings. The van der Waals surface area contributed by atoms with Gasteiger partial charge in [0.25, 0.3) is 0 Å². The molecule has 0 radical (unpaired) electrons. The number of ether oxygens (including phenoxy) is 1. The summed E-state index contributed by atoms with van der Waals surface area (Å²) in [6.07, 6.45) is 7.55. The molecule has 0 spiro atoms. The van der Waals surface area contributed by atoms with Crippen LogP contribution in [0.15, 0.2) is 91.5 Å². The minimum atomic E-state index is -0.0723. The zero-order valence-electron chi connectivity index (χ0n) is 18.3. The van der Waals surface area contributed by atoms with Crippen molar-refractivity contribution in [3.05, 3.63) is 108 Å². The average molecular weight is 456 g/mol. The van der Waals surface area contributed by atoms with E-state index in [1.54, 1.807) is 0 Å². The van der Waals surface area contributed by atoms with E-state index in [1.165, 1.54) is 0 Å². The van der Waals surface area contributed by atoms with Crippen LogP contribution >= 0.6 is 12.2 Å². The SMILES string of the molecule is CCOc1ccc(-n2cccc2[C@@H]2[C@H](c3ccccn3)NC(=S)N2Cc2ccncc2)cc1. The molecule has 33 heavy (non-hydrogen) atoms. The van der Waals surface area contributed by atoms with Crippen molar-refractivity contribution in [3.8, 4) is 11.4 Å². The van der Waals surface area contributed by atoms with Gasteiger partial charge in [-0.2, -0.15) is 0 Å². The topological polar surface area (TPSA) is 55.2 Å². The van der Waals surface area contributed by atoms with Crippen molar-refractivity contribution in [1.82, 2.24) is 24.8 Å². The Morgan fingerprint density at radius 1 is 0.970 bits per heavy atom. The first-order valence-corrected chi connectivity index (χ1v) is 11.4. The molecule has 6 nitrogen and oxygen atoms in total. The van der Waals surface area contributed by atoms with Crippen molar-refractivity contribution >= 4 is 17.3 Å². The van der Waals surface area contributed by atoms with E-state index in [4.69, 9.17) is 17.0 Å². The summed E-state index contributed by atoms with van der Waals surface area (Å²) in [4.78, 5) is 11.0. The molecule has 7 heteroatoms. The summed E-state index contributed by atoms with van der Waals surface area (Å²) in [7, 11) is 0. The maximum Gasteiger partial charge on any atom is 0.170 e. The molecule has 3 aromatic heterocycles. The highest BCUT2D eigenvalue weighted by Gasteiger charge is 2.41. The van der Waals surface area contributed by atoms with Gasteiger partial charge in [-0.25, -0.2) is 0 Å². The van der Waals surface area contributed by atoms with Crippen molar-refractivity contribution in [1.29, 1.82) is 0 Å². The number of thiocarbonyl (C=S) groups is 1. The van der Waals surface area contributed by atoms with Gasteiger partial charge in [0, 0.05) is 42.7 Å². The van der Waals surface area contributed by atoms with Crippen LogP contribution in [0.1, 0.15) is 36.0 Å². The van der Waals surface area contributed by atoms with E-state index in [1.807, 2.05) is 68.0 Å². The minimum absolute atomic E-state index is 0.0397. The number of benzene rings is 1. The highest BCUT2D eigenvalue weighted by Crippen LogP contribution is 2.40. The fourth-order valence-corrected chi connectivity index (χ4v) is 4.63. The van der Waals surface area contributed by atoms with Crippen LogP contribution in [0.2, 0.25) is 0 Å². The normalized spacial score (nSPS) is 17.7. The molecule has 1 aliphatic rings. The number of nitrogens with zero attached hydrogens (tertiary/aromatic N) is 4. The third kappa shape index (κ3) is 4.32. The first-order chi connectivity index (χ1) is 16.2. The van der Waals surface area contributed by atoms with E-state index >= 15 is 0 Å². The third-order valence-corrected chi connectivity index (χ3v) is 6.16. The molecule has 166 valence electrons. The first kappa shape index (κ1) is 21.2. The molecule has 1 saturated heterocycles. The number of hydrogen-bond donors (Lipinski definition) is 1. The highest BCUT2D eigenvalue weighted by molar-refractivity contribution is 7.80. The van der Waals surface area contributed by atoms with Crippen molar-refractivity contribution in [2.24, 2.45) is 0 Å². The number of hydrogen-bond acceptors (Lipinski definition) is 4. The van der Waals surface area contributed by atoms with E-state index in [0.717, 1.165) is 28.4 Å². The molecule has 1 aromatic carbocycles. The summed E-state index contributed by atoms with van der Waals surface area (Å²) < 4.78 is 7.84. The lowest BCUT2D eigenvalue weighted by molar-refractivity contribution is 0.302. The quantitative estimate of drug-likeness (QED) is 0.403. The van der Waals surface area contributed by atoms with E-state index in [-0.39, 0.29) is 12.1 Å². The Morgan fingerprint density at radius 3 is 2.52 bits per heavy atom. The predicted molar refractivity (Wildman–Crippen MR) is 132 cm³/mol. The summed E-state index contributed by atoms with van der Waals surface area (Å²) in [6, 6.07) is 22.3. The number of aromatic nitrogens is 3. The van der Waals surface area contributed by atoms with Gasteiger partial charge in [-0.3, -0.25) is 9.97 Å². The van der Waals surface area contributed by atoms with E-state index in [0.29, 0.717) is 18.3 Å². The average Bonchev–Trinajstić information content (AvgIpc) is 3.46. The van der Waals surface area contributed by atoms with Crippen molar-refractivity contribution < 1.29 is 4.74 Å². The number of rotatable bonds is 7. The largest absolute Gasteiger partial charge is 0.494 e. The van der Waals surface area contributed by atoms with Crippen LogP contribution in [0.3, 0.4) is 0 Å². The molecule has 2 atom stereocenters. The fourth-order valence-electron chi connectivity index (χ4n) is 4.32. The zero-order valence-corrected chi connectivity index (χ0v) is 19.2. The summed E-state index contributed by atoms with van der Waals surface area (Å²) in [5.41, 5.74) is 4.32. The Morgan fingerprint density at radius 2 is 1.79 bits per heavy atom. The Bertz CT molecular complexity index is 1210. The van der Waals surface area contributed by atoms with Crippen molar-refractivity contribution in [2.75, 3.05) is 6.61 Å². The smallest absolute Gasteiger partial charge is 0.170 e. The van der Waals surface area contributed by atoms with Gasteiger partial charge in [0.05, 0.1) is 24.4 Å². The fraction of sp³-hybridized carbons (Fsp3) is 0.192. The molecule has 5 rings (SSSR count). The van der Waals surface area contributed by atoms with Crippen LogP contribution in [0.5, 0.6) is 5.75 Å².